The Morgan fingerprint density at radius 1 is 1.31 bits per heavy atom. The van der Waals surface area contributed by atoms with Crippen molar-refractivity contribution in [1.29, 1.82) is 5.26 Å². The number of rotatable bonds is 6. The van der Waals surface area contributed by atoms with Gasteiger partial charge in [-0.3, -0.25) is 4.79 Å². The average molecular weight is 391 g/mol. The van der Waals surface area contributed by atoms with Crippen LogP contribution in [0.25, 0.3) is 6.08 Å². The Bertz CT molecular complexity index is 994. The summed E-state index contributed by atoms with van der Waals surface area (Å²) in [6.45, 7) is 0. The molecule has 0 saturated heterocycles. The highest BCUT2D eigenvalue weighted by Crippen LogP contribution is 2.23. The van der Waals surface area contributed by atoms with Crippen molar-refractivity contribution in [3.8, 4) is 11.8 Å². The first-order chi connectivity index (χ1) is 12.3. The lowest BCUT2D eigenvalue weighted by atomic mass is 10.1. The van der Waals surface area contributed by atoms with Gasteiger partial charge in [-0.05, 0) is 35.9 Å². The molecule has 0 aliphatic rings. The summed E-state index contributed by atoms with van der Waals surface area (Å²) in [5.41, 5.74) is 1.09. The Morgan fingerprint density at radius 2 is 2.04 bits per heavy atom. The van der Waals surface area contributed by atoms with Crippen molar-refractivity contribution in [3.05, 3.63) is 70.3 Å². The fourth-order valence-electron chi connectivity index (χ4n) is 2.18. The summed E-state index contributed by atoms with van der Waals surface area (Å²) >= 11 is 5.90. The number of methoxy groups -OCH3 is 1. The zero-order valence-corrected chi connectivity index (χ0v) is 15.3. The molecule has 6 nitrogen and oxygen atoms in total. The molecule has 0 aromatic heterocycles. The first kappa shape index (κ1) is 19.5. The highest BCUT2D eigenvalue weighted by molar-refractivity contribution is 7.89. The van der Waals surface area contributed by atoms with E-state index in [1.807, 2.05) is 10.8 Å². The number of nitrogens with zero attached hydrogens (tertiary/aromatic N) is 1. The van der Waals surface area contributed by atoms with E-state index >= 15 is 0 Å². The van der Waals surface area contributed by atoms with Gasteiger partial charge in [0.2, 0.25) is 10.0 Å². The largest absolute Gasteiger partial charge is 0.496 e. The van der Waals surface area contributed by atoms with Gasteiger partial charge in [0.25, 0.3) is 5.91 Å². The summed E-state index contributed by atoms with van der Waals surface area (Å²) in [6, 6.07) is 13.1. The van der Waals surface area contributed by atoms with Crippen LogP contribution >= 0.6 is 11.6 Å². The fourth-order valence-corrected chi connectivity index (χ4v) is 3.47. The van der Waals surface area contributed by atoms with Crippen molar-refractivity contribution in [2.45, 2.75) is 5.75 Å². The second-order valence-electron chi connectivity index (χ2n) is 5.21. The monoisotopic (exact) mass is 390 g/mol. The molecule has 0 radical (unpaired) electrons. The smallest absolute Gasteiger partial charge is 0.257 e. The molecule has 0 saturated carbocycles. The first-order valence-electron chi connectivity index (χ1n) is 7.38. The van der Waals surface area contributed by atoms with Gasteiger partial charge >= 0.3 is 0 Å². The number of nitriles is 1. The van der Waals surface area contributed by atoms with Gasteiger partial charge in [0, 0.05) is 16.7 Å². The van der Waals surface area contributed by atoms with Crippen molar-refractivity contribution in [3.63, 3.8) is 0 Å². The Balaban J connectivity index is 2.12. The van der Waals surface area contributed by atoms with E-state index in [2.05, 4.69) is 0 Å². The molecule has 0 unspecified atom stereocenters. The third kappa shape index (κ3) is 5.34. The van der Waals surface area contributed by atoms with E-state index in [4.69, 9.17) is 21.6 Å². The van der Waals surface area contributed by atoms with Gasteiger partial charge in [0.05, 0.1) is 24.5 Å². The highest BCUT2D eigenvalue weighted by Gasteiger charge is 2.16. The van der Waals surface area contributed by atoms with Crippen molar-refractivity contribution >= 4 is 33.6 Å². The van der Waals surface area contributed by atoms with Gasteiger partial charge in [0.1, 0.15) is 5.75 Å². The van der Waals surface area contributed by atoms with Crippen LogP contribution in [-0.4, -0.2) is 21.4 Å². The molecule has 2 aromatic rings. The van der Waals surface area contributed by atoms with E-state index in [1.165, 1.54) is 25.3 Å². The second-order valence-corrected chi connectivity index (χ2v) is 7.37. The summed E-state index contributed by atoms with van der Waals surface area (Å²) in [7, 11) is -2.48. The number of amides is 1. The van der Waals surface area contributed by atoms with Crippen molar-refractivity contribution in [1.82, 2.24) is 4.72 Å². The van der Waals surface area contributed by atoms with Crippen LogP contribution in [0.1, 0.15) is 16.7 Å². The molecule has 26 heavy (non-hydrogen) atoms. The molecule has 0 aliphatic carbocycles. The second kappa shape index (κ2) is 8.52. The molecule has 134 valence electrons. The minimum atomic E-state index is -3.95. The van der Waals surface area contributed by atoms with Crippen LogP contribution in [0.3, 0.4) is 0 Å². The van der Waals surface area contributed by atoms with Gasteiger partial charge < -0.3 is 4.74 Å². The van der Waals surface area contributed by atoms with Crippen LogP contribution in [0.5, 0.6) is 5.75 Å². The van der Waals surface area contributed by atoms with Crippen LogP contribution in [0.2, 0.25) is 5.02 Å². The number of carbonyl (C=O) groups excluding carboxylic acids is 1. The minimum Gasteiger partial charge on any atom is -0.496 e. The van der Waals surface area contributed by atoms with Crippen LogP contribution in [0.15, 0.2) is 48.5 Å². The quantitative estimate of drug-likeness (QED) is 0.765. The maximum Gasteiger partial charge on any atom is 0.257 e. The Morgan fingerprint density at radius 3 is 2.73 bits per heavy atom. The standard InChI is InChI=1S/C18H15ClN2O4S/c1-25-17-8-7-16(19)10-13(17)6-9-18(22)21-26(23,24)12-15-5-3-2-4-14(15)11-20/h2-10H,12H2,1H3,(H,21,22)/b9-6+. The third-order valence-corrected chi connectivity index (χ3v) is 4.78. The zero-order valence-electron chi connectivity index (χ0n) is 13.8. The minimum absolute atomic E-state index is 0.240. The first-order valence-corrected chi connectivity index (χ1v) is 9.42. The normalized spacial score (nSPS) is 11.1. The molecule has 0 heterocycles. The van der Waals surface area contributed by atoms with Gasteiger partial charge in [0.15, 0.2) is 0 Å². The van der Waals surface area contributed by atoms with Gasteiger partial charge in [-0.15, -0.1) is 0 Å². The summed E-state index contributed by atoms with van der Waals surface area (Å²) in [6.07, 6.45) is 2.47. The molecular weight excluding hydrogens is 376 g/mol. The molecule has 0 aliphatic heterocycles. The van der Waals surface area contributed by atoms with Crippen LogP contribution in [0, 0.1) is 11.3 Å². The fraction of sp³-hybridized carbons (Fsp3) is 0.111. The summed E-state index contributed by atoms with van der Waals surface area (Å²) < 4.78 is 31.4. The van der Waals surface area contributed by atoms with Crippen molar-refractivity contribution in [2.24, 2.45) is 0 Å². The lowest BCUT2D eigenvalue weighted by Gasteiger charge is -2.07. The molecule has 1 amide bonds. The topological polar surface area (TPSA) is 96.3 Å². The molecule has 0 atom stereocenters. The number of benzene rings is 2. The molecular formula is C18H15ClN2O4S. The summed E-state index contributed by atoms with van der Waals surface area (Å²) in [4.78, 5) is 11.9. The number of carbonyl (C=O) groups is 1. The van der Waals surface area contributed by atoms with Crippen LogP contribution < -0.4 is 9.46 Å². The number of hydrogen-bond acceptors (Lipinski definition) is 5. The Labute approximate surface area is 156 Å². The Kier molecular flexibility index (Phi) is 6.39. The lowest BCUT2D eigenvalue weighted by Crippen LogP contribution is -2.30. The molecule has 2 rings (SSSR count). The molecule has 0 fully saturated rings. The van der Waals surface area contributed by atoms with Crippen LogP contribution in [0.4, 0.5) is 0 Å². The molecule has 8 heteroatoms. The summed E-state index contributed by atoms with van der Waals surface area (Å²) in [5.74, 6) is -0.803. The molecule has 0 spiro atoms. The Hall–Kier alpha value is -2.82. The van der Waals surface area contributed by atoms with Gasteiger partial charge in [-0.25, -0.2) is 13.1 Å². The lowest BCUT2D eigenvalue weighted by molar-refractivity contribution is -0.114. The van der Waals surface area contributed by atoms with Crippen molar-refractivity contribution < 1.29 is 17.9 Å². The zero-order chi connectivity index (χ0) is 19.2. The van der Waals surface area contributed by atoms with Crippen LogP contribution in [-0.2, 0) is 20.6 Å². The highest BCUT2D eigenvalue weighted by atomic mass is 35.5. The van der Waals surface area contributed by atoms with E-state index in [0.29, 0.717) is 21.9 Å². The third-order valence-electron chi connectivity index (χ3n) is 3.35. The van der Waals surface area contributed by atoms with Gasteiger partial charge in [-0.1, -0.05) is 29.8 Å². The number of nitrogens with one attached hydrogen (secondary N) is 1. The number of sulfonamides is 1. The maximum atomic E-state index is 12.1. The average Bonchev–Trinajstić information content (AvgIpc) is 2.59. The molecule has 2 aromatic carbocycles. The van der Waals surface area contributed by atoms with E-state index < -0.39 is 21.7 Å². The SMILES string of the molecule is COc1ccc(Cl)cc1/C=C/C(=O)NS(=O)(=O)Cc1ccccc1C#N. The van der Waals surface area contributed by atoms with E-state index in [9.17, 15) is 13.2 Å². The maximum absolute atomic E-state index is 12.1. The molecule has 1 N–H and O–H groups in total. The van der Waals surface area contributed by atoms with Crippen molar-refractivity contribution in [2.75, 3.05) is 7.11 Å². The van der Waals surface area contributed by atoms with Gasteiger partial charge in [-0.2, -0.15) is 5.26 Å². The number of ether oxygens (including phenoxy) is 1. The predicted molar refractivity (Wildman–Crippen MR) is 99.0 cm³/mol. The predicted octanol–water partition coefficient (Wildman–Crippen LogP) is 2.88. The number of halogens is 1. The summed E-state index contributed by atoms with van der Waals surface area (Å²) in [5, 5.41) is 9.46. The number of hydrogen-bond donors (Lipinski definition) is 1. The molecule has 0 bridgehead atoms. The van der Waals surface area contributed by atoms with E-state index in [-0.39, 0.29) is 5.56 Å². The van der Waals surface area contributed by atoms with E-state index in [0.717, 1.165) is 6.08 Å². The van der Waals surface area contributed by atoms with E-state index in [1.54, 1.807) is 30.3 Å².